The van der Waals surface area contributed by atoms with Gasteiger partial charge in [0.05, 0.1) is 0 Å². The van der Waals surface area contributed by atoms with Gasteiger partial charge in [0.15, 0.2) is 0 Å². The summed E-state index contributed by atoms with van der Waals surface area (Å²) in [5.74, 6) is 0.894. The summed E-state index contributed by atoms with van der Waals surface area (Å²) in [6, 6.07) is 5.49. The van der Waals surface area contributed by atoms with Gasteiger partial charge in [-0.1, -0.05) is 46.2 Å². The lowest BCUT2D eigenvalue weighted by Crippen LogP contribution is -2.41. The van der Waals surface area contributed by atoms with Crippen LogP contribution < -0.4 is 5.32 Å². The Labute approximate surface area is 131 Å². The number of rotatable bonds is 5. The molecule has 2 rings (SSSR count). The average Bonchev–Trinajstić information content (AvgIpc) is 2.30. The molecule has 1 aliphatic carbocycles. The molecule has 1 aromatic carbocycles. The number of likely N-dealkylation sites (N-methyl/N-ethyl adjacent to an activating group) is 1. The van der Waals surface area contributed by atoms with Crippen LogP contribution in [-0.4, -0.2) is 12.6 Å². The number of hydrogen-bond acceptors (Lipinski definition) is 1. The third-order valence-corrected chi connectivity index (χ3v) is 5.17. The van der Waals surface area contributed by atoms with E-state index in [9.17, 15) is 0 Å². The van der Waals surface area contributed by atoms with Gasteiger partial charge in [0, 0.05) is 6.04 Å². The smallest absolute Gasteiger partial charge is 0.0136 e. The highest BCUT2D eigenvalue weighted by Gasteiger charge is 2.27. The van der Waals surface area contributed by atoms with Crippen molar-refractivity contribution in [3.8, 4) is 0 Å². The standard InChI is InChI=1S/C20H33N/c1-7-21-19(16-9-8-10-16)13-18-14(2)11-17(12-15(18)3)20(4,5)6/h11-12,16,19,21H,7-10,13H2,1-6H3. The van der Waals surface area contributed by atoms with Gasteiger partial charge in [-0.05, 0) is 73.2 Å². The van der Waals surface area contributed by atoms with Gasteiger partial charge in [-0.2, -0.15) is 0 Å². The lowest BCUT2D eigenvalue weighted by molar-refractivity contribution is 0.229. The SMILES string of the molecule is CCNC(Cc1c(C)cc(C(C)(C)C)cc1C)C1CCC1. The van der Waals surface area contributed by atoms with Gasteiger partial charge in [0.1, 0.15) is 0 Å². The molecule has 1 N–H and O–H groups in total. The molecule has 0 spiro atoms. The molecule has 21 heavy (non-hydrogen) atoms. The summed E-state index contributed by atoms with van der Waals surface area (Å²) in [7, 11) is 0. The van der Waals surface area contributed by atoms with E-state index in [0.717, 1.165) is 12.5 Å². The zero-order valence-electron chi connectivity index (χ0n) is 14.8. The van der Waals surface area contributed by atoms with Crippen molar-refractivity contribution in [2.75, 3.05) is 6.54 Å². The molecule has 0 heterocycles. The van der Waals surface area contributed by atoms with E-state index < -0.39 is 0 Å². The summed E-state index contributed by atoms with van der Waals surface area (Å²) in [5, 5.41) is 3.73. The van der Waals surface area contributed by atoms with Crippen molar-refractivity contribution in [2.24, 2.45) is 5.92 Å². The summed E-state index contributed by atoms with van der Waals surface area (Å²) in [5.41, 5.74) is 6.22. The maximum Gasteiger partial charge on any atom is 0.0136 e. The van der Waals surface area contributed by atoms with Gasteiger partial charge in [-0.15, -0.1) is 0 Å². The first-order valence-electron chi connectivity index (χ1n) is 8.67. The number of aryl methyl sites for hydroxylation is 2. The Morgan fingerprint density at radius 2 is 1.71 bits per heavy atom. The lowest BCUT2D eigenvalue weighted by atomic mass is 9.76. The van der Waals surface area contributed by atoms with Crippen LogP contribution in [0.2, 0.25) is 0 Å². The average molecular weight is 287 g/mol. The minimum Gasteiger partial charge on any atom is -0.314 e. The van der Waals surface area contributed by atoms with Crippen LogP contribution in [0.1, 0.15) is 69.2 Å². The van der Waals surface area contributed by atoms with E-state index in [1.807, 2.05) is 0 Å². The molecule has 1 atom stereocenters. The van der Waals surface area contributed by atoms with Gasteiger partial charge in [0.25, 0.3) is 0 Å². The summed E-state index contributed by atoms with van der Waals surface area (Å²) in [6.07, 6.45) is 5.44. The van der Waals surface area contributed by atoms with Crippen LogP contribution in [0.5, 0.6) is 0 Å². The van der Waals surface area contributed by atoms with Gasteiger partial charge in [-0.3, -0.25) is 0 Å². The Bertz CT molecular complexity index is 454. The van der Waals surface area contributed by atoms with Gasteiger partial charge in [-0.25, -0.2) is 0 Å². The quantitative estimate of drug-likeness (QED) is 0.810. The molecule has 1 nitrogen and oxygen atoms in total. The van der Waals surface area contributed by atoms with Crippen molar-refractivity contribution in [1.29, 1.82) is 0 Å². The molecule has 1 unspecified atom stereocenters. The van der Waals surface area contributed by atoms with Gasteiger partial charge < -0.3 is 5.32 Å². The normalized spacial score (nSPS) is 17.6. The van der Waals surface area contributed by atoms with E-state index in [4.69, 9.17) is 0 Å². The first-order valence-corrected chi connectivity index (χ1v) is 8.67. The second-order valence-corrected chi connectivity index (χ2v) is 7.90. The minimum atomic E-state index is 0.239. The van der Waals surface area contributed by atoms with Crippen molar-refractivity contribution in [2.45, 2.75) is 78.7 Å². The molecule has 1 fully saturated rings. The molecule has 0 saturated heterocycles. The van der Waals surface area contributed by atoms with Gasteiger partial charge in [0.2, 0.25) is 0 Å². The molecule has 0 aliphatic heterocycles. The summed E-state index contributed by atoms with van der Waals surface area (Å²) in [6.45, 7) is 14.8. The van der Waals surface area contributed by atoms with Crippen molar-refractivity contribution < 1.29 is 0 Å². The van der Waals surface area contributed by atoms with Crippen LogP contribution in [-0.2, 0) is 11.8 Å². The zero-order chi connectivity index (χ0) is 15.6. The van der Waals surface area contributed by atoms with E-state index in [1.54, 1.807) is 5.56 Å². The van der Waals surface area contributed by atoms with E-state index >= 15 is 0 Å². The monoisotopic (exact) mass is 287 g/mol. The Morgan fingerprint density at radius 1 is 1.14 bits per heavy atom. The Kier molecular flexibility index (Phi) is 5.14. The predicted octanol–water partition coefficient (Wildman–Crippen LogP) is 4.92. The highest BCUT2D eigenvalue weighted by Crippen LogP contribution is 2.33. The van der Waals surface area contributed by atoms with Crippen molar-refractivity contribution in [3.63, 3.8) is 0 Å². The molecular formula is C20H33N. The molecule has 0 radical (unpaired) electrons. The van der Waals surface area contributed by atoms with Crippen LogP contribution in [0, 0.1) is 19.8 Å². The van der Waals surface area contributed by atoms with Crippen LogP contribution >= 0.6 is 0 Å². The summed E-state index contributed by atoms with van der Waals surface area (Å²) < 4.78 is 0. The van der Waals surface area contributed by atoms with E-state index in [1.165, 1.54) is 42.4 Å². The third-order valence-electron chi connectivity index (χ3n) is 5.17. The van der Waals surface area contributed by atoms with E-state index in [2.05, 4.69) is 59.0 Å². The fourth-order valence-corrected chi connectivity index (χ4v) is 3.48. The van der Waals surface area contributed by atoms with Crippen LogP contribution in [0.4, 0.5) is 0 Å². The largest absolute Gasteiger partial charge is 0.314 e. The highest BCUT2D eigenvalue weighted by atomic mass is 14.9. The van der Waals surface area contributed by atoms with Gasteiger partial charge >= 0.3 is 0 Å². The summed E-state index contributed by atoms with van der Waals surface area (Å²) >= 11 is 0. The minimum absolute atomic E-state index is 0.239. The molecule has 1 aromatic rings. The molecular weight excluding hydrogens is 254 g/mol. The maximum atomic E-state index is 3.73. The van der Waals surface area contributed by atoms with Crippen LogP contribution in [0.15, 0.2) is 12.1 Å². The Morgan fingerprint density at radius 3 is 2.10 bits per heavy atom. The Hall–Kier alpha value is -0.820. The highest BCUT2D eigenvalue weighted by molar-refractivity contribution is 5.41. The van der Waals surface area contributed by atoms with Crippen molar-refractivity contribution >= 4 is 0 Å². The maximum absolute atomic E-state index is 3.73. The first-order chi connectivity index (χ1) is 9.82. The molecule has 1 aliphatic rings. The van der Waals surface area contributed by atoms with Crippen molar-refractivity contribution in [3.05, 3.63) is 34.4 Å². The fourth-order valence-electron chi connectivity index (χ4n) is 3.48. The number of benzene rings is 1. The Balaban J connectivity index is 2.22. The second kappa shape index (κ2) is 6.52. The molecule has 118 valence electrons. The number of hydrogen-bond donors (Lipinski definition) is 1. The molecule has 0 amide bonds. The zero-order valence-corrected chi connectivity index (χ0v) is 14.8. The topological polar surface area (TPSA) is 12.0 Å². The van der Waals surface area contributed by atoms with E-state index in [0.29, 0.717) is 6.04 Å². The predicted molar refractivity (Wildman–Crippen MR) is 93.1 cm³/mol. The summed E-state index contributed by atoms with van der Waals surface area (Å²) in [4.78, 5) is 0. The molecule has 1 heteroatoms. The lowest BCUT2D eigenvalue weighted by Gasteiger charge is -2.35. The molecule has 1 saturated carbocycles. The number of nitrogens with one attached hydrogen (secondary N) is 1. The van der Waals surface area contributed by atoms with Crippen LogP contribution in [0.25, 0.3) is 0 Å². The van der Waals surface area contributed by atoms with E-state index in [-0.39, 0.29) is 5.41 Å². The molecule has 0 bridgehead atoms. The second-order valence-electron chi connectivity index (χ2n) is 7.90. The fraction of sp³-hybridized carbons (Fsp3) is 0.700. The first kappa shape index (κ1) is 16.5. The molecule has 0 aromatic heterocycles. The third kappa shape index (κ3) is 3.88. The van der Waals surface area contributed by atoms with Crippen molar-refractivity contribution in [1.82, 2.24) is 5.32 Å². The van der Waals surface area contributed by atoms with Crippen LogP contribution in [0.3, 0.4) is 0 Å².